The molecule has 32 heavy (non-hydrogen) atoms. The number of imide groups is 1. The first-order chi connectivity index (χ1) is 15.2. The lowest BCUT2D eigenvalue weighted by Crippen LogP contribution is -2.37. The van der Waals surface area contributed by atoms with Crippen molar-refractivity contribution < 1.29 is 23.9 Å². The highest BCUT2D eigenvalue weighted by molar-refractivity contribution is 6.11. The normalized spacial score (nSPS) is 12.7. The molecule has 2 aromatic rings. The quantitative estimate of drug-likeness (QED) is 0.422. The van der Waals surface area contributed by atoms with Crippen LogP contribution in [0.25, 0.3) is 0 Å². The molecule has 0 unspecified atom stereocenters. The van der Waals surface area contributed by atoms with Crippen LogP contribution in [0.5, 0.6) is 11.5 Å². The Hall–Kier alpha value is -3.79. The molecule has 1 heterocycles. The van der Waals surface area contributed by atoms with Crippen molar-refractivity contribution in [2.24, 2.45) is 0 Å². The molecule has 2 aromatic carbocycles. The van der Waals surface area contributed by atoms with Crippen molar-refractivity contribution in [1.29, 1.82) is 0 Å². The Balaban J connectivity index is 1.51. The summed E-state index contributed by atoms with van der Waals surface area (Å²) in [5.41, 5.74) is 1.36. The highest BCUT2D eigenvalue weighted by Gasteiger charge is 2.26. The third kappa shape index (κ3) is 6.61. The molecule has 0 fully saturated rings. The van der Waals surface area contributed by atoms with Crippen LogP contribution in [0.4, 0.5) is 4.79 Å². The fourth-order valence-electron chi connectivity index (χ4n) is 3.05. The van der Waals surface area contributed by atoms with Crippen LogP contribution in [0.15, 0.2) is 42.5 Å². The van der Waals surface area contributed by atoms with Gasteiger partial charge in [-0.2, -0.15) is 0 Å². The number of carbonyl (C=O) groups excluding carboxylic acids is 3. The van der Waals surface area contributed by atoms with E-state index in [-0.39, 0.29) is 12.3 Å². The van der Waals surface area contributed by atoms with E-state index < -0.39 is 17.6 Å². The standard InChI is InChI=1S/C25H26N2O5/c1-25(2,3)32-24(30)26-15-6-4-5-8-17-11-13-19(14-12-17)31-20-10-7-9-18-16-21(28)27-23(29)22(18)20/h7,9-14H,4,6,15-16H2,1-3H3,(H,26,30)(H,27,28,29). The highest BCUT2D eigenvalue weighted by atomic mass is 16.6. The van der Waals surface area contributed by atoms with Crippen LogP contribution in [0.3, 0.4) is 0 Å². The smallest absolute Gasteiger partial charge is 0.407 e. The molecule has 166 valence electrons. The molecule has 0 radical (unpaired) electrons. The van der Waals surface area contributed by atoms with Crippen LogP contribution in [0.2, 0.25) is 0 Å². The number of hydrogen-bond acceptors (Lipinski definition) is 5. The summed E-state index contributed by atoms with van der Waals surface area (Å²) in [7, 11) is 0. The zero-order valence-electron chi connectivity index (χ0n) is 18.4. The lowest BCUT2D eigenvalue weighted by atomic mass is 9.99. The molecule has 0 saturated carbocycles. The van der Waals surface area contributed by atoms with Crippen molar-refractivity contribution in [2.75, 3.05) is 6.54 Å². The number of alkyl carbamates (subject to hydrolysis) is 1. The van der Waals surface area contributed by atoms with E-state index in [1.54, 1.807) is 30.3 Å². The first kappa shape index (κ1) is 22.9. The first-order valence-electron chi connectivity index (χ1n) is 10.4. The number of benzene rings is 2. The second kappa shape index (κ2) is 10.0. The summed E-state index contributed by atoms with van der Waals surface area (Å²) in [4.78, 5) is 35.3. The molecule has 0 aromatic heterocycles. The van der Waals surface area contributed by atoms with Gasteiger partial charge >= 0.3 is 6.09 Å². The van der Waals surface area contributed by atoms with Crippen LogP contribution in [-0.4, -0.2) is 30.1 Å². The second-order valence-electron chi connectivity index (χ2n) is 8.30. The minimum Gasteiger partial charge on any atom is -0.457 e. The average molecular weight is 434 g/mol. The summed E-state index contributed by atoms with van der Waals surface area (Å²) in [6, 6.07) is 12.4. The summed E-state index contributed by atoms with van der Waals surface area (Å²) in [5.74, 6) is 6.35. The predicted molar refractivity (Wildman–Crippen MR) is 119 cm³/mol. The maximum atomic E-state index is 12.2. The molecule has 0 bridgehead atoms. The van der Waals surface area contributed by atoms with E-state index in [1.165, 1.54) is 0 Å². The van der Waals surface area contributed by atoms with Crippen LogP contribution >= 0.6 is 0 Å². The van der Waals surface area contributed by atoms with Gasteiger partial charge in [0.15, 0.2) is 0 Å². The SMILES string of the molecule is CC(C)(C)OC(=O)NCCCC#Cc1ccc(Oc2cccc3c2C(=O)NC(=O)C3)cc1. The lowest BCUT2D eigenvalue weighted by Gasteiger charge is -2.19. The van der Waals surface area contributed by atoms with Gasteiger partial charge in [-0.1, -0.05) is 24.0 Å². The Bertz CT molecular complexity index is 1070. The van der Waals surface area contributed by atoms with Gasteiger partial charge in [0.05, 0.1) is 12.0 Å². The van der Waals surface area contributed by atoms with E-state index in [9.17, 15) is 14.4 Å². The molecule has 7 heteroatoms. The predicted octanol–water partition coefficient (Wildman–Crippen LogP) is 3.95. The van der Waals surface area contributed by atoms with Crippen LogP contribution in [-0.2, 0) is 16.0 Å². The maximum absolute atomic E-state index is 12.2. The second-order valence-corrected chi connectivity index (χ2v) is 8.30. The Morgan fingerprint density at radius 3 is 2.59 bits per heavy atom. The topological polar surface area (TPSA) is 93.7 Å². The number of ether oxygens (including phenoxy) is 2. The lowest BCUT2D eigenvalue weighted by molar-refractivity contribution is -0.119. The number of amides is 3. The first-order valence-corrected chi connectivity index (χ1v) is 10.4. The van der Waals surface area contributed by atoms with Crippen LogP contribution in [0, 0.1) is 11.8 Å². The summed E-state index contributed by atoms with van der Waals surface area (Å²) in [6.45, 7) is 5.96. The molecule has 1 aliphatic heterocycles. The van der Waals surface area contributed by atoms with E-state index in [1.807, 2.05) is 32.9 Å². The third-order valence-corrected chi connectivity index (χ3v) is 4.41. The molecule has 0 spiro atoms. The minimum absolute atomic E-state index is 0.153. The van der Waals surface area contributed by atoms with Gasteiger partial charge in [0.1, 0.15) is 17.1 Å². The minimum atomic E-state index is -0.509. The molecule has 1 aliphatic rings. The molecule has 2 N–H and O–H groups in total. The Morgan fingerprint density at radius 1 is 1.12 bits per heavy atom. The van der Waals surface area contributed by atoms with Gasteiger partial charge < -0.3 is 14.8 Å². The van der Waals surface area contributed by atoms with Gasteiger partial charge in [-0.05, 0) is 63.1 Å². The average Bonchev–Trinajstić information content (AvgIpc) is 2.70. The third-order valence-electron chi connectivity index (χ3n) is 4.41. The summed E-state index contributed by atoms with van der Waals surface area (Å²) in [5, 5.41) is 5.02. The van der Waals surface area contributed by atoms with E-state index >= 15 is 0 Å². The largest absolute Gasteiger partial charge is 0.457 e. The van der Waals surface area contributed by atoms with Gasteiger partial charge in [0, 0.05) is 18.5 Å². The zero-order chi connectivity index (χ0) is 23.1. The van der Waals surface area contributed by atoms with Crippen molar-refractivity contribution >= 4 is 17.9 Å². The molecule has 0 aliphatic carbocycles. The Labute approximate surface area is 187 Å². The van der Waals surface area contributed by atoms with Crippen molar-refractivity contribution in [3.05, 3.63) is 59.2 Å². The fourth-order valence-corrected chi connectivity index (χ4v) is 3.05. The van der Waals surface area contributed by atoms with Gasteiger partial charge in [-0.25, -0.2) is 4.79 Å². The van der Waals surface area contributed by atoms with Crippen molar-refractivity contribution in [2.45, 2.75) is 45.6 Å². The molecule has 3 amide bonds. The Kier molecular flexibility index (Phi) is 7.16. The van der Waals surface area contributed by atoms with Gasteiger partial charge in [-0.15, -0.1) is 0 Å². The van der Waals surface area contributed by atoms with Crippen molar-refractivity contribution in [3.63, 3.8) is 0 Å². The molecular formula is C25H26N2O5. The van der Waals surface area contributed by atoms with Gasteiger partial charge in [0.25, 0.3) is 5.91 Å². The zero-order valence-corrected chi connectivity index (χ0v) is 18.4. The van der Waals surface area contributed by atoms with Crippen LogP contribution < -0.4 is 15.4 Å². The molecule has 0 saturated heterocycles. The number of fused-ring (bicyclic) bond motifs is 1. The number of carbonyl (C=O) groups is 3. The molecule has 3 rings (SSSR count). The van der Waals surface area contributed by atoms with Crippen molar-refractivity contribution in [1.82, 2.24) is 10.6 Å². The van der Waals surface area contributed by atoms with E-state index in [4.69, 9.17) is 9.47 Å². The summed E-state index contributed by atoms with van der Waals surface area (Å²) in [6.07, 6.45) is 1.08. The summed E-state index contributed by atoms with van der Waals surface area (Å²) < 4.78 is 11.1. The molecular weight excluding hydrogens is 408 g/mol. The highest BCUT2D eigenvalue weighted by Crippen LogP contribution is 2.29. The van der Waals surface area contributed by atoms with Crippen molar-refractivity contribution in [3.8, 4) is 23.3 Å². The van der Waals surface area contributed by atoms with E-state index in [0.717, 1.165) is 12.0 Å². The Morgan fingerprint density at radius 2 is 1.88 bits per heavy atom. The van der Waals surface area contributed by atoms with E-state index in [2.05, 4.69) is 22.5 Å². The van der Waals surface area contributed by atoms with Crippen LogP contribution in [0.1, 0.15) is 55.1 Å². The molecule has 0 atom stereocenters. The van der Waals surface area contributed by atoms with E-state index in [0.29, 0.717) is 35.6 Å². The van der Waals surface area contributed by atoms with Gasteiger partial charge in [0.2, 0.25) is 5.91 Å². The monoisotopic (exact) mass is 434 g/mol. The number of nitrogens with one attached hydrogen (secondary N) is 2. The number of hydrogen-bond donors (Lipinski definition) is 2. The summed E-state index contributed by atoms with van der Waals surface area (Å²) >= 11 is 0. The van der Waals surface area contributed by atoms with Gasteiger partial charge in [-0.3, -0.25) is 14.9 Å². The number of rotatable bonds is 5. The fraction of sp³-hybridized carbons (Fsp3) is 0.320. The molecule has 7 nitrogen and oxygen atoms in total. The maximum Gasteiger partial charge on any atom is 0.407 e. The number of unbranched alkanes of at least 4 members (excludes halogenated alkanes) is 1.